The number of aliphatic hydroxyl groups is 1. The number of nitrogens with zero attached hydrogens (tertiary/aromatic N) is 2. The van der Waals surface area contributed by atoms with Gasteiger partial charge in [0.05, 0.1) is 21.8 Å². The summed E-state index contributed by atoms with van der Waals surface area (Å²) in [4.78, 5) is 17.1. The van der Waals surface area contributed by atoms with Crippen molar-refractivity contribution >= 4 is 27.6 Å². The maximum absolute atomic E-state index is 12.8. The van der Waals surface area contributed by atoms with Crippen molar-refractivity contribution in [2.45, 2.75) is 39.0 Å². The van der Waals surface area contributed by atoms with Crippen LogP contribution in [-0.4, -0.2) is 40.4 Å². The van der Waals surface area contributed by atoms with Crippen LogP contribution in [0.5, 0.6) is 0 Å². The number of piperidine rings is 1. The molecule has 1 aliphatic heterocycles. The molecule has 2 N–H and O–H groups in total. The molecule has 0 aliphatic carbocycles. The molecule has 1 aromatic rings. The van der Waals surface area contributed by atoms with Crippen LogP contribution in [-0.2, 0) is 4.79 Å². The summed E-state index contributed by atoms with van der Waals surface area (Å²) in [5.74, 6) is -2.79. The fourth-order valence-electron chi connectivity index (χ4n) is 3.01. The number of halogens is 4. The minimum absolute atomic E-state index is 0.0705. The van der Waals surface area contributed by atoms with Gasteiger partial charge >= 0.3 is 12.1 Å². The number of anilines is 1. The van der Waals surface area contributed by atoms with Crippen LogP contribution in [0, 0.1) is 19.8 Å². The molecule has 1 unspecified atom stereocenters. The van der Waals surface area contributed by atoms with E-state index in [4.69, 9.17) is 5.11 Å². The summed E-state index contributed by atoms with van der Waals surface area (Å²) < 4.78 is 39.0. The molecule has 0 amide bonds. The van der Waals surface area contributed by atoms with E-state index >= 15 is 0 Å². The van der Waals surface area contributed by atoms with Gasteiger partial charge in [-0.05, 0) is 42.6 Å². The van der Waals surface area contributed by atoms with Crippen molar-refractivity contribution in [3.8, 4) is 0 Å². The lowest BCUT2D eigenvalue weighted by molar-refractivity contribution is -0.179. The van der Waals surface area contributed by atoms with Crippen molar-refractivity contribution in [3.05, 3.63) is 21.4 Å². The van der Waals surface area contributed by atoms with E-state index in [1.54, 1.807) is 18.7 Å². The Balaban J connectivity index is 2.41. The first-order chi connectivity index (χ1) is 11.0. The molecule has 1 fully saturated rings. The van der Waals surface area contributed by atoms with E-state index in [-0.39, 0.29) is 31.5 Å². The van der Waals surface area contributed by atoms with Gasteiger partial charge in [0.2, 0.25) is 0 Å². The van der Waals surface area contributed by atoms with E-state index in [9.17, 15) is 23.1 Å². The van der Waals surface area contributed by atoms with Crippen LogP contribution >= 0.6 is 15.9 Å². The first-order valence-corrected chi connectivity index (χ1v) is 8.22. The second kappa shape index (κ2) is 6.87. The van der Waals surface area contributed by atoms with Crippen LogP contribution in [0.3, 0.4) is 0 Å². The highest BCUT2D eigenvalue weighted by molar-refractivity contribution is 9.10. The number of hydrogen-bond donors (Lipinski definition) is 2. The smallest absolute Gasteiger partial charge is 0.391 e. The minimum Gasteiger partial charge on any atom is -0.479 e. The predicted octanol–water partition coefficient (Wildman–Crippen LogP) is 3.36. The summed E-state index contributed by atoms with van der Waals surface area (Å²) in [6, 6.07) is 0. The van der Waals surface area contributed by atoms with Crippen LogP contribution in [0.1, 0.15) is 35.9 Å². The lowest BCUT2D eigenvalue weighted by atomic mass is 9.94. The third-order valence-corrected chi connectivity index (χ3v) is 5.24. The highest BCUT2D eigenvalue weighted by Crippen LogP contribution is 2.41. The normalized spacial score (nSPS) is 17.9. The van der Waals surface area contributed by atoms with E-state index in [0.29, 0.717) is 21.5 Å². The van der Waals surface area contributed by atoms with E-state index in [0.717, 1.165) is 0 Å². The van der Waals surface area contributed by atoms with E-state index in [1.165, 1.54) is 0 Å². The number of hydrogen-bond acceptors (Lipinski definition) is 4. The molecule has 2 heterocycles. The zero-order valence-electron chi connectivity index (χ0n) is 13.2. The van der Waals surface area contributed by atoms with Crippen LogP contribution in [0.2, 0.25) is 0 Å². The lowest BCUT2D eigenvalue weighted by Crippen LogP contribution is -2.40. The average molecular weight is 411 g/mol. The van der Waals surface area contributed by atoms with Crippen molar-refractivity contribution in [1.29, 1.82) is 0 Å². The Kier molecular flexibility index (Phi) is 5.44. The highest BCUT2D eigenvalue weighted by atomic mass is 79.9. The Bertz CT molecular complexity index is 644. The fourth-order valence-corrected chi connectivity index (χ4v) is 3.57. The van der Waals surface area contributed by atoms with Crippen molar-refractivity contribution in [1.82, 2.24) is 4.98 Å². The van der Waals surface area contributed by atoms with Gasteiger partial charge in [-0.2, -0.15) is 13.2 Å². The van der Waals surface area contributed by atoms with E-state index in [1.807, 2.05) is 0 Å². The molecule has 0 bridgehead atoms. The van der Waals surface area contributed by atoms with E-state index in [2.05, 4.69) is 20.9 Å². The van der Waals surface area contributed by atoms with Crippen LogP contribution in [0.4, 0.5) is 18.9 Å². The lowest BCUT2D eigenvalue weighted by Gasteiger charge is -2.36. The number of aromatic nitrogens is 1. The zero-order chi connectivity index (χ0) is 18.2. The van der Waals surface area contributed by atoms with Crippen molar-refractivity contribution in [2.24, 2.45) is 5.92 Å². The van der Waals surface area contributed by atoms with Crippen molar-refractivity contribution in [3.63, 3.8) is 0 Å². The largest absolute Gasteiger partial charge is 0.479 e. The highest BCUT2D eigenvalue weighted by Gasteiger charge is 2.42. The molecule has 1 aliphatic rings. The summed E-state index contributed by atoms with van der Waals surface area (Å²) >= 11 is 3.34. The number of rotatable bonds is 3. The minimum atomic E-state index is -4.23. The van der Waals surface area contributed by atoms with E-state index < -0.39 is 24.2 Å². The Morgan fingerprint density at radius 3 is 2.29 bits per heavy atom. The Hall–Kier alpha value is -1.35. The van der Waals surface area contributed by atoms with Gasteiger partial charge in [0.25, 0.3) is 0 Å². The molecule has 9 heteroatoms. The van der Waals surface area contributed by atoms with Crippen LogP contribution in [0.25, 0.3) is 0 Å². The molecule has 0 saturated carbocycles. The number of aliphatic hydroxyl groups excluding tert-OH is 1. The molecule has 2 rings (SSSR count). The predicted molar refractivity (Wildman–Crippen MR) is 85.0 cm³/mol. The molecule has 0 radical (unpaired) electrons. The van der Waals surface area contributed by atoms with Gasteiger partial charge in [0.1, 0.15) is 0 Å². The third kappa shape index (κ3) is 3.66. The molecular formula is C15H18BrF3N2O3. The molecular weight excluding hydrogens is 393 g/mol. The number of pyridine rings is 1. The maximum Gasteiger partial charge on any atom is 0.391 e. The second-order valence-corrected chi connectivity index (χ2v) is 6.70. The van der Waals surface area contributed by atoms with Crippen molar-refractivity contribution in [2.75, 3.05) is 18.0 Å². The second-order valence-electron chi connectivity index (χ2n) is 5.90. The molecule has 1 atom stereocenters. The maximum atomic E-state index is 12.8. The number of carboxylic acids is 1. The number of aliphatic carboxylic acids is 1. The number of carbonyl (C=O) groups is 1. The fraction of sp³-hybridized carbons (Fsp3) is 0.600. The Morgan fingerprint density at radius 1 is 1.29 bits per heavy atom. The standard InChI is InChI=1S/C15H18BrF3N2O3/c1-7-10(13(22)14(23)24)12(11(16)8(2)20-7)21-5-3-9(4-6-21)15(17,18)19/h9,13,22H,3-6H2,1-2H3,(H,23,24). The topological polar surface area (TPSA) is 73.7 Å². The summed E-state index contributed by atoms with van der Waals surface area (Å²) in [5, 5.41) is 19.2. The molecule has 1 saturated heterocycles. The van der Waals surface area contributed by atoms with Gasteiger partial charge in [-0.1, -0.05) is 0 Å². The van der Waals surface area contributed by atoms with Gasteiger partial charge in [-0.15, -0.1) is 0 Å². The Morgan fingerprint density at radius 2 is 1.83 bits per heavy atom. The summed E-state index contributed by atoms with van der Waals surface area (Å²) in [6.07, 6.45) is -6.15. The first-order valence-electron chi connectivity index (χ1n) is 7.43. The molecule has 5 nitrogen and oxygen atoms in total. The monoisotopic (exact) mass is 410 g/mol. The SMILES string of the molecule is Cc1nc(C)c(C(O)C(=O)O)c(N2CCC(C(F)(F)F)CC2)c1Br. The summed E-state index contributed by atoms with van der Waals surface area (Å²) in [5.41, 5.74) is 1.46. The molecule has 24 heavy (non-hydrogen) atoms. The zero-order valence-corrected chi connectivity index (χ0v) is 14.8. The number of carboxylic acid groups (broad SMARTS) is 1. The van der Waals surface area contributed by atoms with Gasteiger partial charge in [-0.3, -0.25) is 4.98 Å². The third-order valence-electron chi connectivity index (χ3n) is 4.29. The summed E-state index contributed by atoms with van der Waals surface area (Å²) in [7, 11) is 0. The number of alkyl halides is 3. The van der Waals surface area contributed by atoms with Crippen LogP contribution < -0.4 is 4.90 Å². The quantitative estimate of drug-likeness (QED) is 0.798. The van der Waals surface area contributed by atoms with Gasteiger partial charge < -0.3 is 15.1 Å². The summed E-state index contributed by atoms with van der Waals surface area (Å²) in [6.45, 7) is 3.54. The molecule has 134 valence electrons. The number of aryl methyl sites for hydroxylation is 2. The van der Waals surface area contributed by atoms with Crippen molar-refractivity contribution < 1.29 is 28.2 Å². The van der Waals surface area contributed by atoms with Crippen LogP contribution in [0.15, 0.2) is 4.47 Å². The molecule has 1 aromatic heterocycles. The van der Waals surface area contributed by atoms with Gasteiger partial charge in [0, 0.05) is 24.3 Å². The average Bonchev–Trinajstić information content (AvgIpc) is 2.49. The molecule has 0 spiro atoms. The van der Waals surface area contributed by atoms with Gasteiger partial charge in [0.15, 0.2) is 6.10 Å². The molecule has 0 aromatic carbocycles. The Labute approximate surface area is 145 Å². The van der Waals surface area contributed by atoms with Gasteiger partial charge in [-0.25, -0.2) is 4.79 Å². The first kappa shape index (κ1) is 19.0.